The van der Waals surface area contributed by atoms with Gasteiger partial charge in [0.15, 0.2) is 0 Å². The van der Waals surface area contributed by atoms with E-state index >= 15 is 0 Å². The van der Waals surface area contributed by atoms with E-state index in [2.05, 4.69) is 15.2 Å². The molecule has 0 unspecified atom stereocenters. The van der Waals surface area contributed by atoms with Gasteiger partial charge in [0.05, 0.1) is 18.0 Å². The molecule has 1 aromatic heterocycles. The number of nitrogens with zero attached hydrogens (tertiary/aromatic N) is 1. The van der Waals surface area contributed by atoms with Gasteiger partial charge in [-0.1, -0.05) is 41.9 Å². The highest BCUT2D eigenvalue weighted by Gasteiger charge is 2.13. The second-order valence-electron chi connectivity index (χ2n) is 7.73. The lowest BCUT2D eigenvalue weighted by Crippen LogP contribution is -2.27. The van der Waals surface area contributed by atoms with Crippen molar-refractivity contribution in [2.24, 2.45) is 0 Å². The number of anilines is 1. The second kappa shape index (κ2) is 11.8. The molecule has 0 aliphatic carbocycles. The van der Waals surface area contributed by atoms with Crippen LogP contribution < -0.4 is 15.4 Å². The van der Waals surface area contributed by atoms with Crippen LogP contribution in [0.4, 0.5) is 5.69 Å². The SMILES string of the molecule is CCOc1ccccc1NC(=O)CSc1cn(CCNC(=O)c2ccc(Cl)cc2)c2ccccc12. The Balaban J connectivity index is 1.38. The van der Waals surface area contributed by atoms with E-state index in [9.17, 15) is 9.59 Å². The maximum atomic E-state index is 12.6. The van der Waals surface area contributed by atoms with Gasteiger partial charge in [0, 0.05) is 45.7 Å². The molecule has 0 saturated heterocycles. The lowest BCUT2D eigenvalue weighted by molar-refractivity contribution is -0.113. The minimum atomic E-state index is -0.142. The molecule has 0 radical (unpaired) electrons. The van der Waals surface area contributed by atoms with Gasteiger partial charge in [0.25, 0.3) is 5.91 Å². The van der Waals surface area contributed by atoms with Crippen molar-refractivity contribution in [3.63, 3.8) is 0 Å². The highest BCUT2D eigenvalue weighted by Crippen LogP contribution is 2.30. The van der Waals surface area contributed by atoms with E-state index < -0.39 is 0 Å². The van der Waals surface area contributed by atoms with Gasteiger partial charge in [-0.2, -0.15) is 0 Å². The Kier molecular flexibility index (Phi) is 8.34. The summed E-state index contributed by atoms with van der Waals surface area (Å²) in [4.78, 5) is 26.0. The van der Waals surface area contributed by atoms with Crippen molar-refractivity contribution in [2.75, 3.05) is 24.2 Å². The molecule has 0 saturated carbocycles. The van der Waals surface area contributed by atoms with Crippen LogP contribution >= 0.6 is 23.4 Å². The highest BCUT2D eigenvalue weighted by molar-refractivity contribution is 8.00. The molecule has 2 amide bonds. The minimum Gasteiger partial charge on any atom is -0.492 e. The first kappa shape index (κ1) is 24.7. The number of rotatable bonds is 10. The number of amides is 2. The smallest absolute Gasteiger partial charge is 0.251 e. The lowest BCUT2D eigenvalue weighted by Gasteiger charge is -2.11. The molecule has 35 heavy (non-hydrogen) atoms. The van der Waals surface area contributed by atoms with Crippen LogP contribution in [0.1, 0.15) is 17.3 Å². The number of nitrogens with one attached hydrogen (secondary N) is 2. The average Bonchev–Trinajstić information content (AvgIpc) is 3.22. The predicted octanol–water partition coefficient (Wildman–Crippen LogP) is 5.85. The first-order chi connectivity index (χ1) is 17.0. The molecular formula is C27H26ClN3O3S. The van der Waals surface area contributed by atoms with Crippen molar-refractivity contribution in [1.29, 1.82) is 0 Å². The number of ether oxygens (including phenoxy) is 1. The Bertz CT molecular complexity index is 1320. The monoisotopic (exact) mass is 507 g/mol. The third-order valence-corrected chi connectivity index (χ3v) is 6.61. The summed E-state index contributed by atoms with van der Waals surface area (Å²) in [5, 5.41) is 7.56. The summed E-state index contributed by atoms with van der Waals surface area (Å²) in [6.45, 7) is 3.52. The van der Waals surface area contributed by atoms with E-state index in [4.69, 9.17) is 16.3 Å². The predicted molar refractivity (Wildman–Crippen MR) is 143 cm³/mol. The Morgan fingerprint density at radius 2 is 1.74 bits per heavy atom. The van der Waals surface area contributed by atoms with Crippen LogP contribution in [0.5, 0.6) is 5.75 Å². The van der Waals surface area contributed by atoms with Crippen LogP contribution in [0.3, 0.4) is 0 Å². The van der Waals surface area contributed by atoms with E-state index in [1.165, 1.54) is 11.8 Å². The third kappa shape index (κ3) is 6.38. The Morgan fingerprint density at radius 1 is 1.00 bits per heavy atom. The molecule has 8 heteroatoms. The van der Waals surface area contributed by atoms with Crippen molar-refractivity contribution in [3.05, 3.63) is 89.6 Å². The van der Waals surface area contributed by atoms with Gasteiger partial charge in [0.1, 0.15) is 5.75 Å². The number of thioether (sulfide) groups is 1. The molecule has 180 valence electrons. The molecule has 0 fully saturated rings. The molecule has 0 atom stereocenters. The molecule has 0 spiro atoms. The minimum absolute atomic E-state index is 0.103. The molecule has 4 rings (SSSR count). The van der Waals surface area contributed by atoms with Crippen molar-refractivity contribution in [3.8, 4) is 5.75 Å². The van der Waals surface area contributed by atoms with Crippen LogP contribution in [0.15, 0.2) is 83.9 Å². The van der Waals surface area contributed by atoms with Crippen LogP contribution in [0.2, 0.25) is 5.02 Å². The van der Waals surface area contributed by atoms with Gasteiger partial charge < -0.3 is 19.9 Å². The standard InChI is InChI=1S/C27H26ClN3O3S/c1-2-34-24-10-6-4-8-22(24)30-26(32)18-35-25-17-31(23-9-5-3-7-21(23)25)16-15-29-27(33)19-11-13-20(28)14-12-19/h3-14,17H,2,15-16,18H2,1H3,(H,29,33)(H,30,32). The normalized spacial score (nSPS) is 10.8. The van der Waals surface area contributed by atoms with E-state index in [1.54, 1.807) is 24.3 Å². The van der Waals surface area contributed by atoms with Crippen molar-refractivity contribution < 1.29 is 14.3 Å². The quantitative estimate of drug-likeness (QED) is 0.264. The Labute approximate surface area is 213 Å². The van der Waals surface area contributed by atoms with Crippen LogP contribution in [-0.4, -0.2) is 35.3 Å². The van der Waals surface area contributed by atoms with Crippen LogP contribution in [0, 0.1) is 0 Å². The number of carbonyl (C=O) groups is 2. The van der Waals surface area contributed by atoms with Gasteiger partial charge in [-0.3, -0.25) is 9.59 Å². The number of benzene rings is 3. The molecule has 3 aromatic carbocycles. The van der Waals surface area contributed by atoms with Crippen molar-refractivity contribution in [1.82, 2.24) is 9.88 Å². The number of aromatic nitrogens is 1. The van der Waals surface area contributed by atoms with Crippen molar-refractivity contribution in [2.45, 2.75) is 18.4 Å². The lowest BCUT2D eigenvalue weighted by atomic mass is 10.2. The highest BCUT2D eigenvalue weighted by atomic mass is 35.5. The van der Waals surface area contributed by atoms with Crippen LogP contribution in [-0.2, 0) is 11.3 Å². The van der Waals surface area contributed by atoms with Gasteiger partial charge >= 0.3 is 0 Å². The van der Waals surface area contributed by atoms with E-state index in [0.717, 1.165) is 15.8 Å². The number of carbonyl (C=O) groups excluding carboxylic acids is 2. The first-order valence-corrected chi connectivity index (χ1v) is 12.7. The first-order valence-electron chi connectivity index (χ1n) is 11.3. The second-order valence-corrected chi connectivity index (χ2v) is 9.19. The summed E-state index contributed by atoms with van der Waals surface area (Å²) in [5.74, 6) is 0.679. The Morgan fingerprint density at radius 3 is 2.54 bits per heavy atom. The van der Waals surface area contributed by atoms with Crippen LogP contribution in [0.25, 0.3) is 10.9 Å². The summed E-state index contributed by atoms with van der Waals surface area (Å²) in [7, 11) is 0. The van der Waals surface area contributed by atoms with Gasteiger partial charge in [-0.15, -0.1) is 11.8 Å². The maximum Gasteiger partial charge on any atom is 0.251 e. The van der Waals surface area contributed by atoms with Gasteiger partial charge in [-0.25, -0.2) is 0 Å². The summed E-state index contributed by atoms with van der Waals surface area (Å²) in [5.41, 5.74) is 2.29. The number of fused-ring (bicyclic) bond motifs is 1. The molecule has 2 N–H and O–H groups in total. The Hall–Kier alpha value is -3.42. The van der Waals surface area contributed by atoms with E-state index in [-0.39, 0.29) is 17.6 Å². The van der Waals surface area contributed by atoms with E-state index in [1.807, 2.05) is 61.7 Å². The third-order valence-electron chi connectivity index (χ3n) is 5.32. The fraction of sp³-hybridized carbons (Fsp3) is 0.185. The zero-order chi connectivity index (χ0) is 24.6. The molecule has 1 heterocycles. The summed E-state index contributed by atoms with van der Waals surface area (Å²) in [6.07, 6.45) is 2.03. The molecular weight excluding hydrogens is 482 g/mol. The fourth-order valence-corrected chi connectivity index (χ4v) is 4.70. The maximum absolute atomic E-state index is 12.6. The number of hydrogen-bond donors (Lipinski definition) is 2. The summed E-state index contributed by atoms with van der Waals surface area (Å²) >= 11 is 7.38. The zero-order valence-corrected chi connectivity index (χ0v) is 20.9. The summed E-state index contributed by atoms with van der Waals surface area (Å²) in [6, 6.07) is 22.3. The average molecular weight is 508 g/mol. The van der Waals surface area contributed by atoms with Gasteiger partial charge in [0.2, 0.25) is 5.91 Å². The zero-order valence-electron chi connectivity index (χ0n) is 19.3. The number of hydrogen-bond acceptors (Lipinski definition) is 4. The molecule has 0 aliphatic rings. The van der Waals surface area contributed by atoms with Gasteiger partial charge in [-0.05, 0) is 49.4 Å². The number of para-hydroxylation sites is 3. The number of halogens is 1. The molecule has 0 bridgehead atoms. The topological polar surface area (TPSA) is 72.4 Å². The van der Waals surface area contributed by atoms with Crippen molar-refractivity contribution >= 4 is 51.8 Å². The molecule has 6 nitrogen and oxygen atoms in total. The summed E-state index contributed by atoms with van der Waals surface area (Å²) < 4.78 is 7.69. The fourth-order valence-electron chi connectivity index (χ4n) is 3.69. The van der Waals surface area contributed by atoms with E-state index in [0.29, 0.717) is 41.7 Å². The molecule has 4 aromatic rings. The largest absolute Gasteiger partial charge is 0.492 e. The molecule has 0 aliphatic heterocycles.